The normalized spacial score (nSPS) is 14.8. The van der Waals surface area contributed by atoms with Gasteiger partial charge in [-0.15, -0.1) is 0 Å². The average Bonchev–Trinajstić information content (AvgIpc) is 2.58. The van der Waals surface area contributed by atoms with Crippen LogP contribution in [0.2, 0.25) is 0 Å². The number of benzene rings is 1. The molecular formula is C19H26N2O3S. The maximum atomic E-state index is 10.7. The van der Waals surface area contributed by atoms with Gasteiger partial charge < -0.3 is 9.80 Å². The summed E-state index contributed by atoms with van der Waals surface area (Å²) in [6.45, 7) is 1.67. The van der Waals surface area contributed by atoms with Crippen molar-refractivity contribution in [3.05, 3.63) is 59.8 Å². The lowest BCUT2D eigenvalue weighted by Crippen LogP contribution is -2.19. The Morgan fingerprint density at radius 2 is 1.92 bits per heavy atom. The Bertz CT molecular complexity index is 749. The molecule has 1 N–H and O–H groups in total. The molecule has 1 aliphatic rings. The number of likely N-dealkylation sites (N-methyl/N-ethyl adjacent to an activating group) is 1. The van der Waals surface area contributed by atoms with E-state index in [9.17, 15) is 8.42 Å². The molecule has 5 nitrogen and oxygen atoms in total. The van der Waals surface area contributed by atoms with E-state index in [4.69, 9.17) is 4.55 Å². The molecule has 0 aromatic heterocycles. The maximum Gasteiger partial charge on any atom is 0.264 e. The molecule has 0 saturated carbocycles. The number of nitrogens with zero attached hydrogens (tertiary/aromatic N) is 2. The van der Waals surface area contributed by atoms with Crippen LogP contribution in [-0.4, -0.2) is 50.8 Å². The Morgan fingerprint density at radius 1 is 1.20 bits per heavy atom. The van der Waals surface area contributed by atoms with Crippen molar-refractivity contribution < 1.29 is 13.0 Å². The van der Waals surface area contributed by atoms with E-state index < -0.39 is 10.1 Å². The summed E-state index contributed by atoms with van der Waals surface area (Å²) >= 11 is 0. The molecule has 0 aliphatic carbocycles. The predicted molar refractivity (Wildman–Crippen MR) is 104 cm³/mol. The van der Waals surface area contributed by atoms with E-state index in [1.807, 2.05) is 14.1 Å². The fraction of sp³-hybridized carbons (Fsp3) is 0.368. The van der Waals surface area contributed by atoms with Gasteiger partial charge in [0.1, 0.15) is 0 Å². The second kappa shape index (κ2) is 8.87. The zero-order valence-electron chi connectivity index (χ0n) is 14.8. The molecule has 0 amide bonds. The predicted octanol–water partition coefficient (Wildman–Crippen LogP) is 3.19. The van der Waals surface area contributed by atoms with Crippen LogP contribution in [0.4, 0.5) is 5.69 Å². The summed E-state index contributed by atoms with van der Waals surface area (Å²) in [6.07, 6.45) is 11.7. The van der Waals surface area contributed by atoms with E-state index >= 15 is 0 Å². The van der Waals surface area contributed by atoms with Crippen molar-refractivity contribution in [2.75, 3.05) is 37.8 Å². The van der Waals surface area contributed by atoms with E-state index in [1.165, 1.54) is 5.57 Å². The minimum Gasteiger partial charge on any atom is -0.377 e. The van der Waals surface area contributed by atoms with Gasteiger partial charge in [0.15, 0.2) is 0 Å². The molecule has 1 aromatic carbocycles. The summed E-state index contributed by atoms with van der Waals surface area (Å²) in [6, 6.07) is 8.25. The van der Waals surface area contributed by atoms with Crippen LogP contribution >= 0.6 is 0 Å². The minimum absolute atomic E-state index is 0.176. The number of unbranched alkanes of at least 4 members (excludes halogenated alkanes) is 1. The molecule has 2 rings (SSSR count). The van der Waals surface area contributed by atoms with Gasteiger partial charge in [-0.3, -0.25) is 4.55 Å². The molecule has 0 spiro atoms. The number of allylic oxidation sites excluding steroid dienone is 3. The van der Waals surface area contributed by atoms with Crippen LogP contribution in [0.25, 0.3) is 6.08 Å². The van der Waals surface area contributed by atoms with E-state index in [2.05, 4.69) is 64.6 Å². The van der Waals surface area contributed by atoms with Crippen LogP contribution in [0.1, 0.15) is 18.4 Å². The molecule has 0 bridgehead atoms. The third-order valence-corrected chi connectivity index (χ3v) is 4.89. The summed E-state index contributed by atoms with van der Waals surface area (Å²) in [5.74, 6) is -0.176. The van der Waals surface area contributed by atoms with Crippen molar-refractivity contribution in [3.63, 3.8) is 0 Å². The molecule has 0 radical (unpaired) electrons. The van der Waals surface area contributed by atoms with E-state index in [0.717, 1.165) is 24.3 Å². The van der Waals surface area contributed by atoms with Crippen LogP contribution in [0.15, 0.2) is 54.3 Å². The number of hydrogen-bond acceptors (Lipinski definition) is 4. The van der Waals surface area contributed by atoms with Gasteiger partial charge in [0.2, 0.25) is 0 Å². The molecule has 6 heteroatoms. The molecule has 0 unspecified atom stereocenters. The first-order valence-electron chi connectivity index (χ1n) is 8.36. The van der Waals surface area contributed by atoms with Gasteiger partial charge in [-0.25, -0.2) is 0 Å². The topological polar surface area (TPSA) is 60.9 Å². The summed E-state index contributed by atoms with van der Waals surface area (Å²) in [5, 5.41) is 0. The second-order valence-electron chi connectivity index (χ2n) is 6.30. The highest BCUT2D eigenvalue weighted by molar-refractivity contribution is 7.85. The standard InChI is InChI=1S/C19H26N2O3S/c1-20-14-11-18(12-15-20)6-5-17-7-9-19(10-8-17)21(2)13-3-4-16-25(22,23)24/h5-12,14H,3-4,13,15-16H2,1-2H3,(H,22,23,24). The van der Waals surface area contributed by atoms with E-state index in [-0.39, 0.29) is 5.75 Å². The van der Waals surface area contributed by atoms with Crippen LogP contribution < -0.4 is 4.90 Å². The van der Waals surface area contributed by atoms with Crippen LogP contribution in [0.3, 0.4) is 0 Å². The first-order valence-corrected chi connectivity index (χ1v) is 9.97. The lowest BCUT2D eigenvalue weighted by atomic mass is 10.1. The highest BCUT2D eigenvalue weighted by Crippen LogP contribution is 2.16. The quantitative estimate of drug-likeness (QED) is 0.568. The highest BCUT2D eigenvalue weighted by atomic mass is 32.2. The molecule has 25 heavy (non-hydrogen) atoms. The second-order valence-corrected chi connectivity index (χ2v) is 7.87. The highest BCUT2D eigenvalue weighted by Gasteiger charge is 2.05. The molecule has 0 saturated heterocycles. The van der Waals surface area contributed by atoms with Gasteiger partial charge in [-0.2, -0.15) is 8.42 Å². The molecule has 1 heterocycles. The Hall–Kier alpha value is -2.05. The van der Waals surface area contributed by atoms with Gasteiger partial charge in [0.25, 0.3) is 10.1 Å². The largest absolute Gasteiger partial charge is 0.377 e. The maximum absolute atomic E-state index is 10.7. The molecule has 1 aliphatic heterocycles. The van der Waals surface area contributed by atoms with Crippen molar-refractivity contribution >= 4 is 21.9 Å². The van der Waals surface area contributed by atoms with Crippen LogP contribution in [0, 0.1) is 0 Å². The summed E-state index contributed by atoms with van der Waals surface area (Å²) < 4.78 is 30.1. The Labute approximate surface area is 150 Å². The van der Waals surface area contributed by atoms with Gasteiger partial charge in [0.05, 0.1) is 5.75 Å². The molecular weight excluding hydrogens is 336 g/mol. The fourth-order valence-electron chi connectivity index (χ4n) is 2.51. The Morgan fingerprint density at radius 3 is 2.52 bits per heavy atom. The average molecular weight is 362 g/mol. The summed E-state index contributed by atoms with van der Waals surface area (Å²) in [7, 11) is 0.176. The van der Waals surface area contributed by atoms with Crippen molar-refractivity contribution in [2.24, 2.45) is 0 Å². The molecule has 1 aromatic rings. The van der Waals surface area contributed by atoms with Crippen LogP contribution in [-0.2, 0) is 10.1 Å². The fourth-order valence-corrected chi connectivity index (χ4v) is 3.08. The van der Waals surface area contributed by atoms with Crippen molar-refractivity contribution in [1.29, 1.82) is 0 Å². The first-order chi connectivity index (χ1) is 11.8. The molecule has 136 valence electrons. The summed E-state index contributed by atoms with van der Waals surface area (Å²) in [5.41, 5.74) is 3.43. The van der Waals surface area contributed by atoms with Crippen molar-refractivity contribution in [2.45, 2.75) is 12.8 Å². The van der Waals surface area contributed by atoms with Gasteiger partial charge >= 0.3 is 0 Å². The smallest absolute Gasteiger partial charge is 0.264 e. The first kappa shape index (κ1) is 19.3. The SMILES string of the molecule is CN1C=CC(C=Cc2ccc(N(C)CCCCS(=O)(=O)O)cc2)=CC1. The zero-order valence-corrected chi connectivity index (χ0v) is 15.6. The lowest BCUT2D eigenvalue weighted by Gasteiger charge is -2.19. The summed E-state index contributed by atoms with van der Waals surface area (Å²) in [4.78, 5) is 4.21. The third-order valence-electron chi connectivity index (χ3n) is 4.08. The third kappa shape index (κ3) is 7.15. The monoisotopic (exact) mass is 362 g/mol. The minimum atomic E-state index is -3.85. The van der Waals surface area contributed by atoms with Gasteiger partial charge in [-0.05, 0) is 48.4 Å². The number of hydrogen-bond donors (Lipinski definition) is 1. The van der Waals surface area contributed by atoms with Crippen molar-refractivity contribution in [3.8, 4) is 0 Å². The Kier molecular flexibility index (Phi) is 6.84. The lowest BCUT2D eigenvalue weighted by molar-refractivity contribution is 0.480. The molecule has 0 atom stereocenters. The number of rotatable bonds is 8. The number of anilines is 1. The molecule has 0 fully saturated rings. The Balaban J connectivity index is 1.83. The zero-order chi connectivity index (χ0) is 18.3. The van der Waals surface area contributed by atoms with Crippen molar-refractivity contribution in [1.82, 2.24) is 4.90 Å². The van der Waals surface area contributed by atoms with E-state index in [0.29, 0.717) is 12.8 Å². The van der Waals surface area contributed by atoms with E-state index in [1.54, 1.807) is 0 Å². The van der Waals surface area contributed by atoms with Gasteiger partial charge in [0, 0.05) is 32.9 Å². The van der Waals surface area contributed by atoms with Gasteiger partial charge in [-0.1, -0.05) is 30.4 Å². The van der Waals surface area contributed by atoms with Crippen LogP contribution in [0.5, 0.6) is 0 Å².